The van der Waals surface area contributed by atoms with Crippen molar-refractivity contribution >= 4 is 45.8 Å². The van der Waals surface area contributed by atoms with E-state index in [9.17, 15) is 0 Å². The predicted octanol–water partition coefficient (Wildman–Crippen LogP) is 4.82. The first kappa shape index (κ1) is 12.6. The predicted molar refractivity (Wildman–Crippen MR) is 81.2 cm³/mol. The van der Waals surface area contributed by atoms with E-state index < -0.39 is 0 Å². The molecule has 3 rings (SSSR count). The average molecular weight is 301 g/mol. The Bertz CT molecular complexity index is 496. The third-order valence-corrected chi connectivity index (χ3v) is 5.51. The summed E-state index contributed by atoms with van der Waals surface area (Å²) in [6, 6.07) is 5.61. The van der Waals surface area contributed by atoms with Gasteiger partial charge >= 0.3 is 0 Å². The number of rotatable bonds is 1. The average Bonchev–Trinajstić information content (AvgIpc) is 2.97. The summed E-state index contributed by atoms with van der Waals surface area (Å²) in [5.41, 5.74) is 1.03. The summed E-state index contributed by atoms with van der Waals surface area (Å²) < 4.78 is 0. The van der Waals surface area contributed by atoms with Gasteiger partial charge in [0.1, 0.15) is 0 Å². The van der Waals surface area contributed by atoms with Gasteiger partial charge in [-0.25, -0.2) is 0 Å². The number of thioether (sulfide) groups is 1. The fourth-order valence-electron chi connectivity index (χ4n) is 2.55. The molecule has 1 aliphatic heterocycles. The van der Waals surface area contributed by atoms with E-state index in [2.05, 4.69) is 5.32 Å². The maximum atomic E-state index is 6.16. The van der Waals surface area contributed by atoms with Crippen LogP contribution >= 0.6 is 35.0 Å². The van der Waals surface area contributed by atoms with Gasteiger partial charge in [-0.2, -0.15) is 0 Å². The Morgan fingerprint density at radius 2 is 2.00 bits per heavy atom. The van der Waals surface area contributed by atoms with Crippen LogP contribution in [0.1, 0.15) is 25.7 Å². The lowest BCUT2D eigenvalue weighted by Gasteiger charge is -2.16. The van der Waals surface area contributed by atoms with Crippen LogP contribution in [0.4, 0.5) is 5.69 Å². The molecule has 1 aromatic carbocycles. The molecule has 0 atom stereocenters. The summed E-state index contributed by atoms with van der Waals surface area (Å²) in [5, 5.41) is 5.41. The zero-order valence-corrected chi connectivity index (χ0v) is 12.2. The van der Waals surface area contributed by atoms with Crippen LogP contribution in [0, 0.1) is 0 Å². The van der Waals surface area contributed by atoms with Crippen LogP contribution in [0.15, 0.2) is 23.2 Å². The van der Waals surface area contributed by atoms with Gasteiger partial charge in [0.25, 0.3) is 0 Å². The fraction of sp³-hybridized carbons (Fsp3) is 0.462. The maximum absolute atomic E-state index is 6.16. The van der Waals surface area contributed by atoms with Gasteiger partial charge in [-0.3, -0.25) is 4.99 Å². The highest BCUT2D eigenvalue weighted by atomic mass is 35.5. The van der Waals surface area contributed by atoms with Gasteiger partial charge in [-0.05, 0) is 25.0 Å². The molecular formula is C13H14Cl2N2S. The second-order valence-electron chi connectivity index (χ2n) is 4.86. The number of hydrogen-bond acceptors (Lipinski definition) is 3. The molecule has 1 N–H and O–H groups in total. The molecule has 1 fully saturated rings. The van der Waals surface area contributed by atoms with Gasteiger partial charge in [0, 0.05) is 5.75 Å². The zero-order valence-electron chi connectivity index (χ0n) is 9.88. The lowest BCUT2D eigenvalue weighted by atomic mass is 10.0. The van der Waals surface area contributed by atoms with Gasteiger partial charge < -0.3 is 5.32 Å². The standard InChI is InChI=1S/C13H14Cl2N2S/c14-9-4-3-5-10(11(9)15)16-12-17-13(8-18-12)6-1-2-7-13/h3-5H,1-2,6-8H2,(H,16,17). The van der Waals surface area contributed by atoms with E-state index in [1.54, 1.807) is 17.8 Å². The number of anilines is 1. The third kappa shape index (κ3) is 2.36. The molecule has 1 heterocycles. The van der Waals surface area contributed by atoms with Crippen molar-refractivity contribution in [2.24, 2.45) is 4.99 Å². The van der Waals surface area contributed by atoms with Crippen molar-refractivity contribution in [1.29, 1.82) is 0 Å². The van der Waals surface area contributed by atoms with E-state index in [4.69, 9.17) is 28.2 Å². The maximum Gasteiger partial charge on any atom is 0.161 e. The molecule has 96 valence electrons. The summed E-state index contributed by atoms with van der Waals surface area (Å²) in [5.74, 6) is 1.09. The second kappa shape index (κ2) is 4.95. The second-order valence-corrected chi connectivity index (χ2v) is 6.61. The highest BCUT2D eigenvalue weighted by Gasteiger charge is 2.38. The molecule has 2 nitrogen and oxygen atoms in total. The largest absolute Gasteiger partial charge is 0.334 e. The minimum absolute atomic E-state index is 0.193. The van der Waals surface area contributed by atoms with Crippen molar-refractivity contribution in [1.82, 2.24) is 0 Å². The Hall–Kier alpha value is -0.380. The Morgan fingerprint density at radius 3 is 2.78 bits per heavy atom. The summed E-state index contributed by atoms with van der Waals surface area (Å²) in [6.07, 6.45) is 5.04. The van der Waals surface area contributed by atoms with Crippen LogP contribution in [0.2, 0.25) is 10.0 Å². The van der Waals surface area contributed by atoms with Crippen molar-refractivity contribution in [2.75, 3.05) is 11.1 Å². The van der Waals surface area contributed by atoms with E-state index in [1.807, 2.05) is 12.1 Å². The molecule has 0 saturated heterocycles. The molecule has 1 saturated carbocycles. The van der Waals surface area contributed by atoms with Gasteiger partial charge in [0.2, 0.25) is 0 Å². The molecule has 0 aromatic heterocycles. The van der Waals surface area contributed by atoms with E-state index >= 15 is 0 Å². The number of benzene rings is 1. The number of amidine groups is 1. The van der Waals surface area contributed by atoms with Crippen molar-refractivity contribution in [3.05, 3.63) is 28.2 Å². The molecule has 0 amide bonds. The van der Waals surface area contributed by atoms with Gasteiger partial charge in [-0.1, -0.05) is 53.9 Å². The van der Waals surface area contributed by atoms with E-state index in [0.29, 0.717) is 10.0 Å². The number of hydrogen-bond donors (Lipinski definition) is 1. The summed E-state index contributed by atoms with van der Waals surface area (Å²) in [4.78, 5) is 4.85. The molecular weight excluding hydrogens is 287 g/mol. The van der Waals surface area contributed by atoms with Crippen LogP contribution in [0.25, 0.3) is 0 Å². The smallest absolute Gasteiger partial charge is 0.161 e. The van der Waals surface area contributed by atoms with Crippen molar-refractivity contribution in [2.45, 2.75) is 31.2 Å². The first-order valence-corrected chi connectivity index (χ1v) is 7.86. The first-order valence-electron chi connectivity index (χ1n) is 6.12. The lowest BCUT2D eigenvalue weighted by molar-refractivity contribution is 0.508. The Balaban J connectivity index is 1.79. The molecule has 0 radical (unpaired) electrons. The minimum Gasteiger partial charge on any atom is -0.334 e. The summed E-state index contributed by atoms with van der Waals surface area (Å²) >= 11 is 14.0. The molecule has 18 heavy (non-hydrogen) atoms. The summed E-state index contributed by atoms with van der Waals surface area (Å²) in [6.45, 7) is 0. The SMILES string of the molecule is Clc1cccc(NC2=NC3(CCCC3)CS2)c1Cl. The Morgan fingerprint density at radius 1 is 1.22 bits per heavy atom. The fourth-order valence-corrected chi connectivity index (χ4v) is 4.10. The molecule has 1 aromatic rings. The topological polar surface area (TPSA) is 24.4 Å². The van der Waals surface area contributed by atoms with Gasteiger partial charge in [0.05, 0.1) is 21.3 Å². The highest BCUT2D eigenvalue weighted by Crippen LogP contribution is 2.41. The molecule has 0 unspecified atom stereocenters. The van der Waals surface area contributed by atoms with Crippen LogP contribution in [-0.4, -0.2) is 16.5 Å². The van der Waals surface area contributed by atoms with Crippen molar-refractivity contribution < 1.29 is 0 Å². The molecule has 1 aliphatic carbocycles. The van der Waals surface area contributed by atoms with E-state index in [0.717, 1.165) is 16.6 Å². The summed E-state index contributed by atoms with van der Waals surface area (Å²) in [7, 11) is 0. The van der Waals surface area contributed by atoms with E-state index in [1.165, 1.54) is 25.7 Å². The number of nitrogens with zero attached hydrogens (tertiary/aromatic N) is 1. The number of nitrogens with one attached hydrogen (secondary N) is 1. The first-order chi connectivity index (χ1) is 8.69. The highest BCUT2D eigenvalue weighted by molar-refractivity contribution is 8.14. The van der Waals surface area contributed by atoms with Crippen LogP contribution in [0.5, 0.6) is 0 Å². The van der Waals surface area contributed by atoms with Crippen LogP contribution < -0.4 is 5.32 Å². The zero-order chi connectivity index (χ0) is 12.6. The molecule has 1 spiro atoms. The number of aliphatic imine (C=N–C) groups is 1. The normalized spacial score (nSPS) is 21.3. The van der Waals surface area contributed by atoms with Crippen LogP contribution in [-0.2, 0) is 0 Å². The van der Waals surface area contributed by atoms with Crippen molar-refractivity contribution in [3.8, 4) is 0 Å². The molecule has 2 aliphatic rings. The monoisotopic (exact) mass is 300 g/mol. The Kier molecular flexibility index (Phi) is 3.48. The quantitative estimate of drug-likeness (QED) is 0.804. The van der Waals surface area contributed by atoms with Crippen molar-refractivity contribution in [3.63, 3.8) is 0 Å². The Labute approximate surface area is 121 Å². The number of halogens is 2. The van der Waals surface area contributed by atoms with Gasteiger partial charge in [-0.15, -0.1) is 0 Å². The lowest BCUT2D eigenvalue weighted by Crippen LogP contribution is -2.21. The molecule has 0 bridgehead atoms. The van der Waals surface area contributed by atoms with E-state index in [-0.39, 0.29) is 5.54 Å². The minimum atomic E-state index is 0.193. The molecule has 5 heteroatoms. The van der Waals surface area contributed by atoms with Crippen LogP contribution in [0.3, 0.4) is 0 Å². The third-order valence-electron chi connectivity index (χ3n) is 3.54. The van der Waals surface area contributed by atoms with Gasteiger partial charge in [0.15, 0.2) is 5.17 Å².